The second kappa shape index (κ2) is 6.03. The molecule has 0 aromatic heterocycles. The van der Waals surface area contributed by atoms with Crippen LogP contribution >= 0.6 is 0 Å². The molecule has 1 N–H and O–H groups in total. The molecule has 0 amide bonds. The Balaban J connectivity index is 2.12. The van der Waals surface area contributed by atoms with Crippen molar-refractivity contribution in [3.05, 3.63) is 70.8 Å². The van der Waals surface area contributed by atoms with E-state index in [4.69, 9.17) is 0 Å². The van der Waals surface area contributed by atoms with Crippen LogP contribution in [0, 0.1) is 13.8 Å². The lowest BCUT2D eigenvalue weighted by atomic mass is 9.90. The zero-order chi connectivity index (χ0) is 13.8. The maximum absolute atomic E-state index is 10.4. The number of rotatable bonds is 4. The summed E-state index contributed by atoms with van der Waals surface area (Å²) in [5.74, 6) is 0.154. The van der Waals surface area contributed by atoms with Crippen molar-refractivity contribution in [1.29, 1.82) is 0 Å². The van der Waals surface area contributed by atoms with E-state index in [1.165, 1.54) is 22.3 Å². The summed E-state index contributed by atoms with van der Waals surface area (Å²) in [6, 6.07) is 16.6. The third-order valence-corrected chi connectivity index (χ3v) is 3.84. The van der Waals surface area contributed by atoms with E-state index in [9.17, 15) is 5.11 Å². The number of aliphatic hydroxyl groups excluding tert-OH is 1. The predicted octanol–water partition coefficient (Wildman–Crippen LogP) is 4.01. The summed E-state index contributed by atoms with van der Waals surface area (Å²) in [5, 5.41) is 10.4. The molecule has 0 aliphatic heterocycles. The highest BCUT2D eigenvalue weighted by atomic mass is 16.3. The fraction of sp³-hybridized carbons (Fsp3) is 0.333. The summed E-state index contributed by atoms with van der Waals surface area (Å²) >= 11 is 0. The van der Waals surface area contributed by atoms with Crippen LogP contribution < -0.4 is 0 Å². The lowest BCUT2D eigenvalue weighted by Crippen LogP contribution is -2.19. The van der Waals surface area contributed by atoms with Crippen molar-refractivity contribution in [1.82, 2.24) is 0 Å². The van der Waals surface area contributed by atoms with Crippen LogP contribution in [0.15, 0.2) is 48.5 Å². The van der Waals surface area contributed by atoms with E-state index < -0.39 is 0 Å². The summed E-state index contributed by atoms with van der Waals surface area (Å²) in [6.07, 6.45) is 0.367. The van der Waals surface area contributed by atoms with Gasteiger partial charge >= 0.3 is 0 Å². The van der Waals surface area contributed by atoms with Crippen molar-refractivity contribution in [3.8, 4) is 0 Å². The highest BCUT2D eigenvalue weighted by Gasteiger charge is 2.17. The van der Waals surface area contributed by atoms with Gasteiger partial charge in [0.2, 0.25) is 0 Å². The summed E-state index contributed by atoms with van der Waals surface area (Å²) < 4.78 is 0. The molecule has 1 heteroatoms. The van der Waals surface area contributed by atoms with Crippen LogP contribution in [0.4, 0.5) is 0 Å². The van der Waals surface area contributed by atoms with Crippen LogP contribution in [0.1, 0.15) is 35.1 Å². The number of hydrogen-bond acceptors (Lipinski definition) is 1. The monoisotopic (exact) mass is 254 g/mol. The van der Waals surface area contributed by atoms with Gasteiger partial charge in [-0.15, -0.1) is 0 Å². The Hall–Kier alpha value is -1.60. The largest absolute Gasteiger partial charge is 0.392 e. The highest BCUT2D eigenvalue weighted by Crippen LogP contribution is 2.23. The fourth-order valence-electron chi connectivity index (χ4n) is 2.40. The molecule has 2 aromatic carbocycles. The van der Waals surface area contributed by atoms with Crippen LogP contribution in [-0.2, 0) is 6.42 Å². The third-order valence-electron chi connectivity index (χ3n) is 3.84. The molecule has 0 aliphatic carbocycles. The average molecular weight is 254 g/mol. The van der Waals surface area contributed by atoms with Gasteiger partial charge in [-0.25, -0.2) is 0 Å². The van der Waals surface area contributed by atoms with Gasteiger partial charge in [0.15, 0.2) is 0 Å². The lowest BCUT2D eigenvalue weighted by molar-refractivity contribution is 0.149. The van der Waals surface area contributed by atoms with Crippen molar-refractivity contribution in [2.75, 3.05) is 0 Å². The topological polar surface area (TPSA) is 20.2 Å². The maximum Gasteiger partial charge on any atom is 0.0646 e. The molecule has 2 unspecified atom stereocenters. The molecule has 2 rings (SSSR count). The first-order valence-corrected chi connectivity index (χ1v) is 6.87. The Morgan fingerprint density at radius 2 is 1.68 bits per heavy atom. The van der Waals surface area contributed by atoms with E-state index in [-0.39, 0.29) is 12.0 Å². The zero-order valence-electron chi connectivity index (χ0n) is 11.9. The second-order valence-electron chi connectivity index (χ2n) is 5.40. The minimum Gasteiger partial charge on any atom is -0.392 e. The van der Waals surface area contributed by atoms with E-state index >= 15 is 0 Å². The SMILES string of the molecule is Cc1ccc(C)c(CC(O)C(C)c2ccccc2)c1. The molecular formula is C18H22O. The first-order valence-electron chi connectivity index (χ1n) is 6.87. The molecular weight excluding hydrogens is 232 g/mol. The van der Waals surface area contributed by atoms with Crippen molar-refractivity contribution < 1.29 is 5.11 Å². The standard InChI is InChI=1S/C18H22O/c1-13-9-10-14(2)17(11-13)12-18(19)15(3)16-7-5-4-6-8-16/h4-11,15,18-19H,12H2,1-3H3. The Kier molecular flexibility index (Phi) is 4.39. The molecule has 19 heavy (non-hydrogen) atoms. The van der Waals surface area contributed by atoms with Crippen molar-refractivity contribution in [2.45, 2.75) is 39.2 Å². The number of hydrogen-bond donors (Lipinski definition) is 1. The quantitative estimate of drug-likeness (QED) is 0.874. The average Bonchev–Trinajstić information content (AvgIpc) is 2.43. The molecule has 0 fully saturated rings. The predicted molar refractivity (Wildman–Crippen MR) is 80.5 cm³/mol. The minimum atomic E-state index is -0.345. The first-order chi connectivity index (χ1) is 9.08. The van der Waals surface area contributed by atoms with Gasteiger partial charge in [0.25, 0.3) is 0 Å². The van der Waals surface area contributed by atoms with Crippen LogP contribution in [-0.4, -0.2) is 11.2 Å². The Morgan fingerprint density at radius 3 is 2.37 bits per heavy atom. The van der Waals surface area contributed by atoms with Gasteiger partial charge < -0.3 is 5.11 Å². The van der Waals surface area contributed by atoms with Gasteiger partial charge in [-0.1, -0.05) is 61.0 Å². The Labute approximate surface area is 115 Å². The van der Waals surface area contributed by atoms with E-state index in [1.807, 2.05) is 18.2 Å². The van der Waals surface area contributed by atoms with Gasteiger partial charge in [-0.05, 0) is 37.0 Å². The minimum absolute atomic E-state index is 0.154. The molecule has 2 aromatic rings. The molecule has 0 bridgehead atoms. The van der Waals surface area contributed by atoms with E-state index in [0.717, 1.165) is 0 Å². The summed E-state index contributed by atoms with van der Waals surface area (Å²) in [7, 11) is 0. The second-order valence-corrected chi connectivity index (χ2v) is 5.40. The van der Waals surface area contributed by atoms with Crippen LogP contribution in [0.3, 0.4) is 0 Å². The Bertz CT molecular complexity index is 531. The lowest BCUT2D eigenvalue weighted by Gasteiger charge is -2.20. The fourth-order valence-corrected chi connectivity index (χ4v) is 2.40. The zero-order valence-corrected chi connectivity index (χ0v) is 11.9. The smallest absolute Gasteiger partial charge is 0.0646 e. The molecule has 0 aliphatic rings. The first kappa shape index (κ1) is 13.8. The molecule has 0 radical (unpaired) electrons. The number of aryl methyl sites for hydroxylation is 2. The number of benzene rings is 2. The molecule has 2 atom stereocenters. The summed E-state index contributed by atoms with van der Waals surface area (Å²) in [6.45, 7) is 6.29. The van der Waals surface area contributed by atoms with Gasteiger partial charge in [-0.2, -0.15) is 0 Å². The van der Waals surface area contributed by atoms with E-state index in [2.05, 4.69) is 51.1 Å². The number of aliphatic hydroxyl groups is 1. The van der Waals surface area contributed by atoms with E-state index in [0.29, 0.717) is 6.42 Å². The van der Waals surface area contributed by atoms with Crippen LogP contribution in [0.5, 0.6) is 0 Å². The van der Waals surface area contributed by atoms with Crippen molar-refractivity contribution in [3.63, 3.8) is 0 Å². The summed E-state index contributed by atoms with van der Waals surface area (Å²) in [4.78, 5) is 0. The van der Waals surface area contributed by atoms with Gasteiger partial charge in [0, 0.05) is 5.92 Å². The van der Waals surface area contributed by atoms with Crippen LogP contribution in [0.25, 0.3) is 0 Å². The molecule has 0 saturated carbocycles. The van der Waals surface area contributed by atoms with Crippen LogP contribution in [0.2, 0.25) is 0 Å². The van der Waals surface area contributed by atoms with Gasteiger partial charge in [0.05, 0.1) is 6.10 Å². The highest BCUT2D eigenvalue weighted by molar-refractivity contribution is 5.31. The maximum atomic E-state index is 10.4. The molecule has 0 heterocycles. The normalized spacial score (nSPS) is 14.1. The molecule has 1 nitrogen and oxygen atoms in total. The van der Waals surface area contributed by atoms with Gasteiger partial charge in [-0.3, -0.25) is 0 Å². The third kappa shape index (κ3) is 3.45. The van der Waals surface area contributed by atoms with E-state index in [1.54, 1.807) is 0 Å². The summed E-state index contributed by atoms with van der Waals surface area (Å²) in [5.41, 5.74) is 4.95. The van der Waals surface area contributed by atoms with Crippen molar-refractivity contribution >= 4 is 0 Å². The Morgan fingerprint density at radius 1 is 1.00 bits per heavy atom. The molecule has 0 saturated heterocycles. The molecule has 100 valence electrons. The van der Waals surface area contributed by atoms with Crippen molar-refractivity contribution in [2.24, 2.45) is 0 Å². The molecule has 0 spiro atoms. The van der Waals surface area contributed by atoms with Gasteiger partial charge in [0.1, 0.15) is 0 Å².